The summed E-state index contributed by atoms with van der Waals surface area (Å²) < 4.78 is 32.6. The summed E-state index contributed by atoms with van der Waals surface area (Å²) in [4.78, 5) is 2.10. The van der Waals surface area contributed by atoms with Crippen LogP contribution >= 0.6 is 22.7 Å². The van der Waals surface area contributed by atoms with Crippen molar-refractivity contribution in [2.24, 2.45) is 0 Å². The topological polar surface area (TPSA) is 0 Å². The van der Waals surface area contributed by atoms with Crippen molar-refractivity contribution in [2.75, 3.05) is 0 Å². The van der Waals surface area contributed by atoms with Crippen LogP contribution in [0.25, 0.3) is 31.3 Å². The fourth-order valence-corrected chi connectivity index (χ4v) is 6.52. The van der Waals surface area contributed by atoms with Gasteiger partial charge in [0.05, 0.1) is 0 Å². The van der Waals surface area contributed by atoms with Gasteiger partial charge in [-0.2, -0.15) is 0 Å². The molecule has 0 bridgehead atoms. The lowest BCUT2D eigenvalue weighted by molar-refractivity contribution is 0.0662. The molecule has 0 atom stereocenters. The first-order chi connectivity index (χ1) is 13.0. The van der Waals surface area contributed by atoms with Gasteiger partial charge in [0.25, 0.3) is 5.92 Å². The number of aryl methyl sites for hydroxylation is 2. The van der Waals surface area contributed by atoms with Crippen molar-refractivity contribution in [3.05, 3.63) is 69.4 Å². The highest BCUT2D eigenvalue weighted by Crippen LogP contribution is 2.55. The zero-order chi connectivity index (χ0) is 18.8. The Hall–Kier alpha value is -2.04. The fourth-order valence-electron chi connectivity index (χ4n) is 4.36. The number of halogens is 2. The van der Waals surface area contributed by atoms with E-state index in [9.17, 15) is 0 Å². The first-order valence-corrected chi connectivity index (χ1v) is 10.7. The maximum absolute atomic E-state index is 15.2. The van der Waals surface area contributed by atoms with E-state index in [4.69, 9.17) is 0 Å². The molecule has 0 nitrogen and oxygen atoms in total. The highest BCUT2D eigenvalue weighted by atomic mass is 32.1. The lowest BCUT2D eigenvalue weighted by atomic mass is 9.92. The highest BCUT2D eigenvalue weighted by molar-refractivity contribution is 7.19. The highest BCUT2D eigenvalue weighted by Gasteiger charge is 2.44. The first-order valence-electron chi connectivity index (χ1n) is 9.06. The third-order valence-corrected chi connectivity index (χ3v) is 7.62. The van der Waals surface area contributed by atoms with Gasteiger partial charge in [0.1, 0.15) is 0 Å². The van der Waals surface area contributed by atoms with E-state index in [0.717, 1.165) is 41.9 Å². The quantitative estimate of drug-likeness (QED) is 0.321. The minimum absolute atomic E-state index is 0.106. The zero-order valence-electron chi connectivity index (χ0n) is 15.1. The van der Waals surface area contributed by atoms with Gasteiger partial charge in [-0.05, 0) is 43.5 Å². The maximum Gasteiger partial charge on any atom is 0.274 e. The van der Waals surface area contributed by atoms with Crippen molar-refractivity contribution in [3.63, 3.8) is 0 Å². The molecule has 0 aliphatic heterocycles. The van der Waals surface area contributed by atoms with Crippen LogP contribution in [0.2, 0.25) is 0 Å². The van der Waals surface area contributed by atoms with E-state index in [1.54, 1.807) is 22.7 Å². The average Bonchev–Trinajstić information content (AvgIpc) is 3.24. The predicted molar refractivity (Wildman–Crippen MR) is 114 cm³/mol. The summed E-state index contributed by atoms with van der Waals surface area (Å²) in [6.45, 7) is 4.03. The molecule has 136 valence electrons. The van der Waals surface area contributed by atoms with Crippen LogP contribution in [0.3, 0.4) is 0 Å². The second-order valence-electron chi connectivity index (χ2n) is 7.12. The SMILES string of the molecule is Cc1sc2ccccc2c1C1=C(c2c(C)sc3ccccc23)C(F)(F)CC1. The second-order valence-corrected chi connectivity index (χ2v) is 9.63. The molecule has 0 saturated heterocycles. The standard InChI is InChI=1S/C23H18F2S2/c1-13-20(15-7-3-5-9-18(15)26-13)17-11-12-23(24,25)22(17)21-14(2)27-19-10-6-4-8-16(19)21/h3-10H,11-12H2,1-2H3. The summed E-state index contributed by atoms with van der Waals surface area (Å²) in [5, 5.41) is 2.05. The summed E-state index contributed by atoms with van der Waals surface area (Å²) in [7, 11) is 0. The van der Waals surface area contributed by atoms with Crippen molar-refractivity contribution in [1.82, 2.24) is 0 Å². The molecule has 1 aliphatic rings. The van der Waals surface area contributed by atoms with Gasteiger partial charge in [-0.15, -0.1) is 22.7 Å². The van der Waals surface area contributed by atoms with E-state index in [1.165, 1.54) is 4.70 Å². The third kappa shape index (κ3) is 2.50. The maximum atomic E-state index is 15.2. The van der Waals surface area contributed by atoms with Crippen LogP contribution < -0.4 is 0 Å². The minimum Gasteiger partial charge on any atom is -0.201 e. The first kappa shape index (κ1) is 17.1. The van der Waals surface area contributed by atoms with Crippen LogP contribution in [-0.2, 0) is 0 Å². The molecule has 2 aromatic carbocycles. The summed E-state index contributed by atoms with van der Waals surface area (Å²) in [6.07, 6.45) is 0.318. The second kappa shape index (κ2) is 5.98. The summed E-state index contributed by atoms with van der Waals surface area (Å²) in [5.41, 5.74) is 2.87. The number of hydrogen-bond donors (Lipinski definition) is 0. The van der Waals surface area contributed by atoms with Crippen molar-refractivity contribution < 1.29 is 8.78 Å². The summed E-state index contributed by atoms with van der Waals surface area (Å²) in [6, 6.07) is 16.1. The van der Waals surface area contributed by atoms with E-state index >= 15 is 8.78 Å². The molecule has 5 rings (SSSR count). The smallest absolute Gasteiger partial charge is 0.201 e. The molecule has 0 N–H and O–H groups in total. The Kier molecular flexibility index (Phi) is 3.78. The fraction of sp³-hybridized carbons (Fsp3) is 0.217. The summed E-state index contributed by atoms with van der Waals surface area (Å²) in [5.74, 6) is -2.79. The van der Waals surface area contributed by atoms with Gasteiger partial charge in [-0.3, -0.25) is 0 Å². The van der Waals surface area contributed by atoms with Crippen LogP contribution in [0, 0.1) is 13.8 Å². The van der Waals surface area contributed by atoms with Crippen molar-refractivity contribution in [3.8, 4) is 0 Å². The van der Waals surface area contributed by atoms with Gasteiger partial charge >= 0.3 is 0 Å². The van der Waals surface area contributed by atoms with E-state index in [2.05, 4.69) is 19.1 Å². The van der Waals surface area contributed by atoms with Gasteiger partial charge in [-0.1, -0.05) is 36.4 Å². The van der Waals surface area contributed by atoms with Gasteiger partial charge in [0.15, 0.2) is 0 Å². The lowest BCUT2D eigenvalue weighted by Gasteiger charge is -2.16. The van der Waals surface area contributed by atoms with E-state index in [0.29, 0.717) is 6.42 Å². The predicted octanol–water partition coefficient (Wildman–Crippen LogP) is 8.07. The van der Waals surface area contributed by atoms with E-state index in [-0.39, 0.29) is 12.0 Å². The molecule has 2 aromatic heterocycles. The monoisotopic (exact) mass is 396 g/mol. The van der Waals surface area contributed by atoms with Crippen molar-refractivity contribution >= 4 is 54.0 Å². The third-order valence-electron chi connectivity index (χ3n) is 5.45. The molecule has 0 unspecified atom stereocenters. The molecule has 4 aromatic rings. The van der Waals surface area contributed by atoms with E-state index in [1.807, 2.05) is 43.3 Å². The van der Waals surface area contributed by atoms with E-state index < -0.39 is 5.92 Å². The van der Waals surface area contributed by atoms with Gasteiger partial charge in [-0.25, -0.2) is 8.78 Å². The molecule has 0 amide bonds. The summed E-state index contributed by atoms with van der Waals surface area (Å²) >= 11 is 3.30. The minimum atomic E-state index is -2.79. The Balaban J connectivity index is 1.88. The zero-order valence-corrected chi connectivity index (χ0v) is 16.7. The average molecular weight is 397 g/mol. The van der Waals surface area contributed by atoms with Crippen molar-refractivity contribution in [1.29, 1.82) is 0 Å². The molecule has 4 heteroatoms. The molecule has 27 heavy (non-hydrogen) atoms. The Morgan fingerprint density at radius 3 is 1.93 bits per heavy atom. The normalized spacial score (nSPS) is 16.7. The molecule has 0 spiro atoms. The number of allylic oxidation sites excluding steroid dienone is 2. The van der Waals surface area contributed by atoms with Gasteiger partial charge < -0.3 is 0 Å². The molecular formula is C23H18F2S2. The number of rotatable bonds is 2. The molecule has 0 saturated carbocycles. The molecule has 0 radical (unpaired) electrons. The number of hydrogen-bond acceptors (Lipinski definition) is 2. The molecular weight excluding hydrogens is 378 g/mol. The lowest BCUT2D eigenvalue weighted by Crippen LogP contribution is -2.14. The Morgan fingerprint density at radius 2 is 1.30 bits per heavy atom. The number of thiophene rings is 2. The Bertz CT molecular complexity index is 1220. The molecule has 2 heterocycles. The molecule has 0 fully saturated rings. The number of alkyl halides is 2. The van der Waals surface area contributed by atoms with Crippen LogP contribution in [0.4, 0.5) is 8.78 Å². The van der Waals surface area contributed by atoms with Crippen molar-refractivity contribution in [2.45, 2.75) is 32.6 Å². The van der Waals surface area contributed by atoms with Gasteiger partial charge in [0, 0.05) is 47.5 Å². The van der Waals surface area contributed by atoms with Crippen LogP contribution in [0.5, 0.6) is 0 Å². The number of fused-ring (bicyclic) bond motifs is 2. The van der Waals surface area contributed by atoms with Gasteiger partial charge in [0.2, 0.25) is 0 Å². The Labute approximate surface area is 164 Å². The Morgan fingerprint density at radius 1 is 0.778 bits per heavy atom. The van der Waals surface area contributed by atoms with Crippen LogP contribution in [0.15, 0.2) is 48.5 Å². The molecule has 1 aliphatic carbocycles. The largest absolute Gasteiger partial charge is 0.274 e. The van der Waals surface area contributed by atoms with Crippen LogP contribution in [0.1, 0.15) is 33.7 Å². The van der Waals surface area contributed by atoms with Crippen LogP contribution in [-0.4, -0.2) is 5.92 Å². The number of benzene rings is 2.